The Balaban J connectivity index is 2.43. The summed E-state index contributed by atoms with van der Waals surface area (Å²) in [6.45, 7) is 0.840. The summed E-state index contributed by atoms with van der Waals surface area (Å²) in [6, 6.07) is 5.17. The second kappa shape index (κ2) is 4.43. The Morgan fingerprint density at radius 3 is 2.94 bits per heavy atom. The van der Waals surface area contributed by atoms with Crippen LogP contribution in [-0.2, 0) is 16.3 Å². The highest BCUT2D eigenvalue weighted by Gasteiger charge is 2.25. The van der Waals surface area contributed by atoms with E-state index in [2.05, 4.69) is 0 Å². The lowest BCUT2D eigenvalue weighted by Gasteiger charge is -2.19. The molecule has 0 amide bonds. The van der Waals surface area contributed by atoms with Gasteiger partial charge in [0.15, 0.2) is 9.84 Å². The summed E-state index contributed by atoms with van der Waals surface area (Å²) in [7, 11) is -3.10. The summed E-state index contributed by atoms with van der Waals surface area (Å²) in [5.74, 6) is 0.895. The lowest BCUT2D eigenvalue weighted by Crippen LogP contribution is -2.18. The van der Waals surface area contributed by atoms with Crippen molar-refractivity contribution in [3.8, 4) is 5.75 Å². The normalized spacial score (nSPS) is 17.8. The van der Waals surface area contributed by atoms with Crippen molar-refractivity contribution in [3.63, 3.8) is 0 Å². The van der Waals surface area contributed by atoms with Gasteiger partial charge in [-0.15, -0.1) is 0 Å². The maximum Gasteiger partial charge on any atom is 0.178 e. The fourth-order valence-electron chi connectivity index (χ4n) is 1.94. The molecule has 0 fully saturated rings. The van der Waals surface area contributed by atoms with Crippen LogP contribution < -0.4 is 10.5 Å². The van der Waals surface area contributed by atoms with Crippen molar-refractivity contribution in [3.05, 3.63) is 23.8 Å². The molecule has 16 heavy (non-hydrogen) atoms. The molecule has 2 rings (SSSR count). The van der Waals surface area contributed by atoms with E-state index >= 15 is 0 Å². The van der Waals surface area contributed by atoms with E-state index < -0.39 is 9.84 Å². The second-order valence-electron chi connectivity index (χ2n) is 3.79. The first-order chi connectivity index (χ1) is 7.65. The van der Waals surface area contributed by atoms with Gasteiger partial charge < -0.3 is 10.5 Å². The number of sulfone groups is 1. The topological polar surface area (TPSA) is 69.4 Å². The fourth-order valence-corrected chi connectivity index (χ4v) is 3.54. The molecule has 2 N–H and O–H groups in total. The first kappa shape index (κ1) is 11.4. The minimum absolute atomic E-state index is 0.236. The van der Waals surface area contributed by atoms with Gasteiger partial charge in [0.1, 0.15) is 12.4 Å². The highest BCUT2D eigenvalue weighted by molar-refractivity contribution is 7.91. The van der Waals surface area contributed by atoms with Crippen LogP contribution in [0.4, 0.5) is 0 Å². The molecule has 0 aliphatic carbocycles. The smallest absolute Gasteiger partial charge is 0.178 e. The van der Waals surface area contributed by atoms with Crippen LogP contribution in [0.5, 0.6) is 5.75 Å². The molecule has 4 nitrogen and oxygen atoms in total. The summed E-state index contributed by atoms with van der Waals surface area (Å²) in [5.41, 5.74) is 6.17. The first-order valence-corrected chi connectivity index (χ1v) is 6.98. The Morgan fingerprint density at radius 1 is 1.38 bits per heavy atom. The number of nitrogens with two attached hydrogens (primary N) is 1. The van der Waals surface area contributed by atoms with Crippen LogP contribution in [-0.4, -0.2) is 27.3 Å². The monoisotopic (exact) mass is 241 g/mol. The van der Waals surface area contributed by atoms with Gasteiger partial charge >= 0.3 is 0 Å². The number of ether oxygens (including phenoxy) is 1. The average Bonchev–Trinajstić information content (AvgIpc) is 2.26. The molecule has 0 unspecified atom stereocenters. The highest BCUT2D eigenvalue weighted by atomic mass is 32.2. The van der Waals surface area contributed by atoms with Crippen molar-refractivity contribution >= 4 is 9.84 Å². The van der Waals surface area contributed by atoms with Crippen LogP contribution in [0.25, 0.3) is 0 Å². The molecule has 0 spiro atoms. The van der Waals surface area contributed by atoms with Crippen molar-refractivity contribution in [2.45, 2.75) is 17.7 Å². The minimum Gasteiger partial charge on any atom is -0.492 e. The van der Waals surface area contributed by atoms with Crippen molar-refractivity contribution < 1.29 is 13.2 Å². The van der Waals surface area contributed by atoms with Gasteiger partial charge in [-0.3, -0.25) is 0 Å². The Morgan fingerprint density at radius 2 is 2.19 bits per heavy atom. The third-order valence-corrected chi connectivity index (χ3v) is 4.52. The van der Waals surface area contributed by atoms with E-state index in [0.29, 0.717) is 30.2 Å². The summed E-state index contributed by atoms with van der Waals surface area (Å²) >= 11 is 0. The number of hydrogen-bond acceptors (Lipinski definition) is 4. The van der Waals surface area contributed by atoms with E-state index in [1.165, 1.54) is 0 Å². The van der Waals surface area contributed by atoms with Gasteiger partial charge in [0.2, 0.25) is 0 Å². The van der Waals surface area contributed by atoms with Gasteiger partial charge in [0.25, 0.3) is 0 Å². The molecule has 1 aliphatic rings. The highest BCUT2D eigenvalue weighted by Crippen LogP contribution is 2.31. The molecule has 0 saturated heterocycles. The number of hydrogen-bond donors (Lipinski definition) is 1. The van der Waals surface area contributed by atoms with Crippen LogP contribution in [0.3, 0.4) is 0 Å². The van der Waals surface area contributed by atoms with Crippen molar-refractivity contribution in [1.82, 2.24) is 0 Å². The molecule has 1 aromatic rings. The molecule has 0 aromatic heterocycles. The molecule has 0 atom stereocenters. The minimum atomic E-state index is -3.10. The molecule has 1 aliphatic heterocycles. The second-order valence-corrected chi connectivity index (χ2v) is 5.87. The van der Waals surface area contributed by atoms with Crippen molar-refractivity contribution in [2.75, 3.05) is 18.9 Å². The Bertz CT molecular complexity index is 482. The lowest BCUT2D eigenvalue weighted by atomic mass is 10.1. The van der Waals surface area contributed by atoms with E-state index in [4.69, 9.17) is 10.5 Å². The predicted octanol–water partition coefficient (Wildman–Crippen LogP) is 0.744. The van der Waals surface area contributed by atoms with E-state index in [1.54, 1.807) is 18.2 Å². The molecule has 0 saturated carbocycles. The molecule has 88 valence electrons. The zero-order valence-electron chi connectivity index (χ0n) is 8.98. The van der Waals surface area contributed by atoms with E-state index in [-0.39, 0.29) is 5.75 Å². The number of rotatable bonds is 3. The van der Waals surface area contributed by atoms with Gasteiger partial charge in [-0.1, -0.05) is 6.07 Å². The molecule has 5 heteroatoms. The molecular weight excluding hydrogens is 226 g/mol. The SMILES string of the molecule is NCCOc1cccc2c1CCCS2(=O)=O. The van der Waals surface area contributed by atoms with Crippen molar-refractivity contribution in [2.24, 2.45) is 5.73 Å². The quantitative estimate of drug-likeness (QED) is 0.847. The zero-order valence-corrected chi connectivity index (χ0v) is 9.79. The van der Waals surface area contributed by atoms with E-state index in [1.807, 2.05) is 0 Å². The largest absolute Gasteiger partial charge is 0.492 e. The van der Waals surface area contributed by atoms with Crippen LogP contribution in [0, 0.1) is 0 Å². The summed E-state index contributed by atoms with van der Waals surface area (Å²) < 4.78 is 29.1. The first-order valence-electron chi connectivity index (χ1n) is 5.32. The Kier molecular flexibility index (Phi) is 3.16. The van der Waals surface area contributed by atoms with E-state index in [9.17, 15) is 8.42 Å². The van der Waals surface area contributed by atoms with Gasteiger partial charge in [-0.05, 0) is 25.0 Å². The van der Waals surface area contributed by atoms with Gasteiger partial charge in [-0.2, -0.15) is 0 Å². The molecule has 1 heterocycles. The molecule has 0 bridgehead atoms. The van der Waals surface area contributed by atoms with Crippen LogP contribution in [0.2, 0.25) is 0 Å². The summed E-state index contributed by atoms with van der Waals surface area (Å²) in [4.78, 5) is 0.424. The van der Waals surface area contributed by atoms with Crippen LogP contribution in [0.1, 0.15) is 12.0 Å². The van der Waals surface area contributed by atoms with Crippen LogP contribution in [0.15, 0.2) is 23.1 Å². The fraction of sp³-hybridized carbons (Fsp3) is 0.455. The summed E-state index contributed by atoms with van der Waals surface area (Å²) in [6.07, 6.45) is 1.42. The van der Waals surface area contributed by atoms with Crippen molar-refractivity contribution in [1.29, 1.82) is 0 Å². The predicted molar refractivity (Wildman–Crippen MR) is 61.4 cm³/mol. The Labute approximate surface area is 95.3 Å². The van der Waals surface area contributed by atoms with Gasteiger partial charge in [0, 0.05) is 12.1 Å². The zero-order chi connectivity index (χ0) is 11.6. The number of benzene rings is 1. The van der Waals surface area contributed by atoms with Gasteiger partial charge in [-0.25, -0.2) is 8.42 Å². The summed E-state index contributed by atoms with van der Waals surface area (Å²) in [5, 5.41) is 0. The van der Waals surface area contributed by atoms with Crippen LogP contribution >= 0.6 is 0 Å². The molecule has 0 radical (unpaired) electrons. The van der Waals surface area contributed by atoms with E-state index in [0.717, 1.165) is 12.0 Å². The molecule has 1 aromatic carbocycles. The average molecular weight is 241 g/mol. The third-order valence-electron chi connectivity index (χ3n) is 2.64. The van der Waals surface area contributed by atoms with Gasteiger partial charge in [0.05, 0.1) is 10.6 Å². The maximum atomic E-state index is 11.8. The standard InChI is InChI=1S/C11H15NO3S/c12-6-7-15-10-4-1-5-11-9(10)3-2-8-16(11,13)14/h1,4-5H,2-3,6-8,12H2. The molecular formula is C11H15NO3S. The lowest BCUT2D eigenvalue weighted by molar-refractivity contribution is 0.323. The Hall–Kier alpha value is -1.07. The number of fused-ring (bicyclic) bond motifs is 1. The third kappa shape index (κ3) is 2.05. The maximum absolute atomic E-state index is 11.8.